The molecule has 2 aliphatic heterocycles. The van der Waals surface area contributed by atoms with Gasteiger partial charge in [-0.15, -0.1) is 11.3 Å². The maximum atomic E-state index is 12.7. The number of nitrogens with zero attached hydrogens (tertiary/aromatic N) is 5. The van der Waals surface area contributed by atoms with Gasteiger partial charge in [-0.3, -0.25) is 9.59 Å². The van der Waals surface area contributed by atoms with Gasteiger partial charge in [-0.2, -0.15) is 0 Å². The quantitative estimate of drug-likeness (QED) is 0.840. The summed E-state index contributed by atoms with van der Waals surface area (Å²) in [4.78, 5) is 41.8. The van der Waals surface area contributed by atoms with Crippen molar-refractivity contribution in [2.24, 2.45) is 28.4 Å². The van der Waals surface area contributed by atoms with Crippen molar-refractivity contribution in [2.45, 2.75) is 20.3 Å². The summed E-state index contributed by atoms with van der Waals surface area (Å²) in [7, 11) is 0. The van der Waals surface area contributed by atoms with Crippen molar-refractivity contribution in [3.63, 3.8) is 0 Å². The van der Waals surface area contributed by atoms with Crippen molar-refractivity contribution >= 4 is 39.3 Å². The number of amides is 2. The first kappa shape index (κ1) is 16.9. The van der Waals surface area contributed by atoms with E-state index in [2.05, 4.69) is 33.7 Å². The summed E-state index contributed by atoms with van der Waals surface area (Å²) in [5.74, 6) is 0.564. The standard InChI is InChI=1S/C18H22N6O2S/c1-17(2)3-10(17)16(26)24-6-18(7-24)5-23(4-11(18)13(19)25)15-12-14(20-8-21-15)22-9-27-12/h8-11H,3-7H2,1-2H3,(H2,19,25)/t10?,11-/m0/s1. The molecule has 1 spiro atoms. The van der Waals surface area contributed by atoms with Crippen LogP contribution in [0.25, 0.3) is 10.3 Å². The van der Waals surface area contributed by atoms with E-state index < -0.39 is 0 Å². The van der Waals surface area contributed by atoms with E-state index in [9.17, 15) is 9.59 Å². The van der Waals surface area contributed by atoms with Crippen LogP contribution in [0.1, 0.15) is 20.3 Å². The number of rotatable bonds is 3. The van der Waals surface area contributed by atoms with Crippen LogP contribution in [0, 0.1) is 22.7 Å². The Hall–Kier alpha value is -2.29. The Morgan fingerprint density at radius 3 is 2.59 bits per heavy atom. The molecule has 9 heteroatoms. The predicted molar refractivity (Wildman–Crippen MR) is 101 cm³/mol. The number of nitrogens with two attached hydrogens (primary N) is 1. The maximum absolute atomic E-state index is 12.7. The first-order valence-electron chi connectivity index (χ1n) is 9.18. The summed E-state index contributed by atoms with van der Waals surface area (Å²) in [5, 5.41) is 0. The number of aromatic nitrogens is 3. The molecule has 1 saturated carbocycles. The van der Waals surface area contributed by atoms with Crippen LogP contribution in [0.5, 0.6) is 0 Å². The monoisotopic (exact) mass is 386 g/mol. The third-order valence-corrected chi connectivity index (χ3v) is 7.35. The van der Waals surface area contributed by atoms with Gasteiger partial charge in [-0.05, 0) is 11.8 Å². The highest BCUT2D eigenvalue weighted by molar-refractivity contribution is 7.17. The number of hydrogen-bond acceptors (Lipinski definition) is 7. The first-order chi connectivity index (χ1) is 12.8. The van der Waals surface area contributed by atoms with Crippen LogP contribution >= 0.6 is 11.3 Å². The van der Waals surface area contributed by atoms with Gasteiger partial charge in [0.1, 0.15) is 11.0 Å². The molecule has 2 amide bonds. The number of likely N-dealkylation sites (tertiary alicyclic amines) is 1. The molecule has 142 valence electrons. The van der Waals surface area contributed by atoms with Gasteiger partial charge in [0.25, 0.3) is 0 Å². The minimum atomic E-state index is -0.300. The third kappa shape index (κ3) is 2.44. The lowest BCUT2D eigenvalue weighted by Crippen LogP contribution is -2.64. The molecule has 1 aliphatic carbocycles. The molecule has 3 aliphatic rings. The summed E-state index contributed by atoms with van der Waals surface area (Å²) >= 11 is 1.50. The van der Waals surface area contributed by atoms with E-state index in [-0.39, 0.29) is 34.5 Å². The number of fused-ring (bicyclic) bond motifs is 1. The molecule has 0 aromatic carbocycles. The maximum Gasteiger partial charge on any atom is 0.226 e. The Morgan fingerprint density at radius 2 is 1.93 bits per heavy atom. The van der Waals surface area contributed by atoms with Crippen molar-refractivity contribution in [1.82, 2.24) is 19.9 Å². The summed E-state index contributed by atoms with van der Waals surface area (Å²) in [6.45, 7) is 6.64. The average Bonchev–Trinajstić information content (AvgIpc) is 2.98. The fourth-order valence-corrected chi connectivity index (χ4v) is 5.48. The van der Waals surface area contributed by atoms with Gasteiger partial charge in [0.05, 0.1) is 11.4 Å². The lowest BCUT2D eigenvalue weighted by molar-refractivity contribution is -0.150. The number of thiazole rings is 1. The zero-order valence-corrected chi connectivity index (χ0v) is 16.2. The fourth-order valence-electron chi connectivity index (χ4n) is 4.73. The number of primary amides is 1. The highest BCUT2D eigenvalue weighted by atomic mass is 32.1. The molecular weight excluding hydrogens is 364 g/mol. The molecule has 2 saturated heterocycles. The van der Waals surface area contributed by atoms with E-state index in [4.69, 9.17) is 5.73 Å². The second-order valence-corrected chi connectivity index (χ2v) is 9.69. The SMILES string of the molecule is CC1(C)CC1C(=O)N1CC2(C1)CN(c1ncnc3ncsc13)C[C@H]2C(N)=O. The number of carbonyl (C=O) groups is 2. The summed E-state index contributed by atoms with van der Waals surface area (Å²) in [6, 6.07) is 0. The second-order valence-electron chi connectivity index (χ2n) is 8.84. The number of hydrogen-bond donors (Lipinski definition) is 1. The Balaban J connectivity index is 1.38. The molecule has 8 nitrogen and oxygen atoms in total. The third-order valence-electron chi connectivity index (χ3n) is 6.54. The minimum absolute atomic E-state index is 0.114. The van der Waals surface area contributed by atoms with Crippen LogP contribution in [0.15, 0.2) is 11.8 Å². The predicted octanol–water partition coefficient (Wildman–Crippen LogP) is 0.882. The normalized spacial score (nSPS) is 27.8. The van der Waals surface area contributed by atoms with Crippen molar-refractivity contribution in [3.8, 4) is 0 Å². The van der Waals surface area contributed by atoms with Gasteiger partial charge < -0.3 is 15.5 Å². The van der Waals surface area contributed by atoms with E-state index >= 15 is 0 Å². The van der Waals surface area contributed by atoms with Crippen LogP contribution in [0.3, 0.4) is 0 Å². The molecular formula is C18H22N6O2S. The van der Waals surface area contributed by atoms with Crippen molar-refractivity contribution in [1.29, 1.82) is 0 Å². The Morgan fingerprint density at radius 1 is 1.19 bits per heavy atom. The summed E-state index contributed by atoms with van der Waals surface area (Å²) < 4.78 is 0.921. The highest BCUT2D eigenvalue weighted by Crippen LogP contribution is 2.54. The molecule has 3 fully saturated rings. The lowest BCUT2D eigenvalue weighted by atomic mass is 9.71. The van der Waals surface area contributed by atoms with Crippen LogP contribution < -0.4 is 10.6 Å². The van der Waals surface area contributed by atoms with Crippen LogP contribution in [-0.2, 0) is 9.59 Å². The van der Waals surface area contributed by atoms with Crippen LogP contribution in [-0.4, -0.2) is 57.8 Å². The van der Waals surface area contributed by atoms with Gasteiger partial charge in [0.15, 0.2) is 11.5 Å². The first-order valence-corrected chi connectivity index (χ1v) is 10.1. The molecule has 5 rings (SSSR count). The van der Waals surface area contributed by atoms with Gasteiger partial charge in [-0.1, -0.05) is 13.8 Å². The summed E-state index contributed by atoms with van der Waals surface area (Å²) in [5.41, 5.74) is 8.00. The van der Waals surface area contributed by atoms with Crippen LogP contribution in [0.2, 0.25) is 0 Å². The molecule has 27 heavy (non-hydrogen) atoms. The van der Waals surface area contributed by atoms with Crippen LogP contribution in [0.4, 0.5) is 5.82 Å². The molecule has 2 N–H and O–H groups in total. The van der Waals surface area contributed by atoms with Gasteiger partial charge in [0, 0.05) is 37.5 Å². The van der Waals surface area contributed by atoms with Crippen molar-refractivity contribution in [2.75, 3.05) is 31.1 Å². The molecule has 2 aromatic heterocycles. The fraction of sp³-hybridized carbons (Fsp3) is 0.611. The van der Waals surface area contributed by atoms with Crippen molar-refractivity contribution < 1.29 is 9.59 Å². The topological polar surface area (TPSA) is 105 Å². The van der Waals surface area contributed by atoms with Gasteiger partial charge >= 0.3 is 0 Å². The summed E-state index contributed by atoms with van der Waals surface area (Å²) in [6.07, 6.45) is 2.46. The Bertz CT molecular complexity index is 950. The largest absolute Gasteiger partial charge is 0.369 e. The van der Waals surface area contributed by atoms with Gasteiger partial charge in [-0.25, -0.2) is 15.0 Å². The Labute approximate surface area is 160 Å². The Kier molecular flexibility index (Phi) is 3.35. The van der Waals surface area contributed by atoms with E-state index in [1.807, 2.05) is 4.90 Å². The molecule has 0 bridgehead atoms. The van der Waals surface area contributed by atoms with Crippen molar-refractivity contribution in [3.05, 3.63) is 11.8 Å². The van der Waals surface area contributed by atoms with E-state index in [1.54, 1.807) is 5.51 Å². The molecule has 2 atom stereocenters. The smallest absolute Gasteiger partial charge is 0.226 e. The van der Waals surface area contributed by atoms with E-state index in [0.717, 1.165) is 16.9 Å². The molecule has 4 heterocycles. The second kappa shape index (κ2) is 5.37. The van der Waals surface area contributed by atoms with E-state index in [0.29, 0.717) is 31.8 Å². The zero-order chi connectivity index (χ0) is 19.0. The van der Waals surface area contributed by atoms with Gasteiger partial charge in [0.2, 0.25) is 11.8 Å². The highest BCUT2D eigenvalue weighted by Gasteiger charge is 2.61. The molecule has 1 unspecified atom stereocenters. The number of carbonyl (C=O) groups excluding carboxylic acids is 2. The number of anilines is 1. The average molecular weight is 386 g/mol. The minimum Gasteiger partial charge on any atom is -0.369 e. The molecule has 2 aromatic rings. The van der Waals surface area contributed by atoms with E-state index in [1.165, 1.54) is 17.7 Å². The molecule has 0 radical (unpaired) electrons. The zero-order valence-electron chi connectivity index (χ0n) is 15.4. The lowest BCUT2D eigenvalue weighted by Gasteiger charge is -2.50.